The molecule has 150 valence electrons. The van der Waals surface area contributed by atoms with Gasteiger partial charge in [0.15, 0.2) is 6.61 Å². The molecule has 0 saturated carbocycles. The molecule has 3 aromatic rings. The van der Waals surface area contributed by atoms with Crippen molar-refractivity contribution < 1.29 is 14.3 Å². The van der Waals surface area contributed by atoms with Gasteiger partial charge in [-0.3, -0.25) is 20.4 Å². The zero-order valence-corrected chi connectivity index (χ0v) is 16.7. The minimum Gasteiger partial charge on any atom is -0.484 e. The lowest BCUT2D eigenvalue weighted by Crippen LogP contribution is -2.44. The van der Waals surface area contributed by atoms with Crippen LogP contribution in [0.1, 0.15) is 34.1 Å². The summed E-state index contributed by atoms with van der Waals surface area (Å²) in [7, 11) is 0. The maximum atomic E-state index is 12.5. The van der Waals surface area contributed by atoms with Gasteiger partial charge in [0.25, 0.3) is 11.8 Å². The van der Waals surface area contributed by atoms with Gasteiger partial charge in [-0.2, -0.15) is 5.10 Å². The van der Waals surface area contributed by atoms with Gasteiger partial charge in [0.05, 0.1) is 23.1 Å². The Morgan fingerprint density at radius 2 is 1.79 bits per heavy atom. The lowest BCUT2D eigenvalue weighted by molar-refractivity contribution is -0.123. The highest BCUT2D eigenvalue weighted by Gasteiger charge is 2.17. The molecular weight excluding hydrogens is 368 g/mol. The van der Waals surface area contributed by atoms with E-state index < -0.39 is 11.8 Å². The van der Waals surface area contributed by atoms with Gasteiger partial charge in [-0.15, -0.1) is 0 Å². The van der Waals surface area contributed by atoms with Crippen molar-refractivity contribution in [3.63, 3.8) is 0 Å². The topological polar surface area (TPSA) is 85.2 Å². The summed E-state index contributed by atoms with van der Waals surface area (Å²) in [6.07, 6.45) is 2.11. The van der Waals surface area contributed by atoms with E-state index in [-0.39, 0.29) is 6.61 Å². The summed E-state index contributed by atoms with van der Waals surface area (Å²) < 4.78 is 7.19. The second-order valence-corrected chi connectivity index (χ2v) is 6.64. The predicted octanol–water partition coefficient (Wildman–Crippen LogP) is 2.89. The fourth-order valence-electron chi connectivity index (χ4n) is 2.88. The molecule has 2 amide bonds. The molecule has 2 N–H and O–H groups in total. The Labute approximate surface area is 169 Å². The van der Waals surface area contributed by atoms with Crippen molar-refractivity contribution in [2.24, 2.45) is 0 Å². The van der Waals surface area contributed by atoms with E-state index in [2.05, 4.69) is 16.0 Å². The van der Waals surface area contributed by atoms with Crippen LogP contribution in [0.2, 0.25) is 0 Å². The summed E-state index contributed by atoms with van der Waals surface area (Å²) in [6, 6.07) is 15.2. The third kappa shape index (κ3) is 4.82. The molecule has 2 aromatic carbocycles. The van der Waals surface area contributed by atoms with Gasteiger partial charge in [-0.1, -0.05) is 31.2 Å². The Hall–Kier alpha value is -3.61. The fraction of sp³-hybridized carbons (Fsp3) is 0.227. The second kappa shape index (κ2) is 9.05. The van der Waals surface area contributed by atoms with E-state index >= 15 is 0 Å². The Bertz CT molecular complexity index is 1010. The molecule has 7 nitrogen and oxygen atoms in total. The average molecular weight is 392 g/mol. The number of hydrogen-bond acceptors (Lipinski definition) is 4. The van der Waals surface area contributed by atoms with Crippen LogP contribution >= 0.6 is 0 Å². The summed E-state index contributed by atoms with van der Waals surface area (Å²) in [5.41, 5.74) is 9.07. The van der Waals surface area contributed by atoms with Crippen LogP contribution in [0.4, 0.5) is 0 Å². The Morgan fingerprint density at radius 3 is 2.48 bits per heavy atom. The number of nitrogens with one attached hydrogen (secondary N) is 2. The third-order valence-electron chi connectivity index (χ3n) is 4.61. The van der Waals surface area contributed by atoms with Gasteiger partial charge in [0.2, 0.25) is 0 Å². The van der Waals surface area contributed by atoms with Crippen molar-refractivity contribution in [1.82, 2.24) is 20.6 Å². The van der Waals surface area contributed by atoms with Crippen LogP contribution < -0.4 is 15.6 Å². The molecule has 0 aliphatic carbocycles. The molecule has 3 rings (SSSR count). The molecule has 1 heterocycles. The number of hydrazine groups is 1. The van der Waals surface area contributed by atoms with Gasteiger partial charge >= 0.3 is 0 Å². The number of para-hydroxylation sites is 1. The van der Waals surface area contributed by atoms with Gasteiger partial charge < -0.3 is 4.74 Å². The van der Waals surface area contributed by atoms with Crippen LogP contribution in [0, 0.1) is 13.8 Å². The van der Waals surface area contributed by atoms with E-state index in [1.165, 1.54) is 6.20 Å². The van der Waals surface area contributed by atoms with E-state index in [1.807, 2.05) is 63.2 Å². The third-order valence-corrected chi connectivity index (χ3v) is 4.61. The maximum absolute atomic E-state index is 12.5. The smallest absolute Gasteiger partial charge is 0.276 e. The summed E-state index contributed by atoms with van der Waals surface area (Å²) in [4.78, 5) is 24.5. The van der Waals surface area contributed by atoms with Crippen LogP contribution in [0.5, 0.6) is 5.75 Å². The van der Waals surface area contributed by atoms with Crippen molar-refractivity contribution in [3.05, 3.63) is 77.1 Å². The Balaban J connectivity index is 1.58. The van der Waals surface area contributed by atoms with Crippen molar-refractivity contribution in [2.45, 2.75) is 27.2 Å². The predicted molar refractivity (Wildman–Crippen MR) is 110 cm³/mol. The minimum atomic E-state index is -0.454. The number of hydrogen-bond donors (Lipinski definition) is 2. The Morgan fingerprint density at radius 1 is 1.03 bits per heavy atom. The molecule has 0 saturated heterocycles. The average Bonchev–Trinajstić information content (AvgIpc) is 3.17. The molecule has 0 radical (unpaired) electrons. The van der Waals surface area contributed by atoms with Gasteiger partial charge in [-0.05, 0) is 55.7 Å². The number of rotatable bonds is 6. The van der Waals surface area contributed by atoms with Gasteiger partial charge in [0.1, 0.15) is 5.75 Å². The molecule has 0 aliphatic heterocycles. The van der Waals surface area contributed by atoms with Crippen LogP contribution in [0.25, 0.3) is 5.69 Å². The highest BCUT2D eigenvalue weighted by atomic mass is 16.5. The molecule has 0 atom stereocenters. The van der Waals surface area contributed by atoms with Gasteiger partial charge in [0, 0.05) is 0 Å². The number of nitrogens with zero attached hydrogens (tertiary/aromatic N) is 2. The lowest BCUT2D eigenvalue weighted by atomic mass is 10.1. The molecule has 0 unspecified atom stereocenters. The number of ether oxygens (including phenoxy) is 1. The first kappa shape index (κ1) is 20.1. The number of aryl methyl sites for hydroxylation is 2. The largest absolute Gasteiger partial charge is 0.484 e. The number of benzene rings is 2. The van der Waals surface area contributed by atoms with Crippen molar-refractivity contribution in [3.8, 4) is 11.4 Å². The number of carbonyl (C=O) groups is 2. The first-order valence-corrected chi connectivity index (χ1v) is 9.41. The number of carbonyl (C=O) groups excluding carboxylic acids is 2. The first-order chi connectivity index (χ1) is 14.0. The van der Waals surface area contributed by atoms with Crippen molar-refractivity contribution >= 4 is 11.8 Å². The molecule has 29 heavy (non-hydrogen) atoms. The first-order valence-electron chi connectivity index (χ1n) is 9.41. The SMILES string of the molecule is CCc1c(C(=O)NNC(=O)COc2ccc(C)c(C)c2)cnn1-c1ccccc1. The molecule has 0 aliphatic rings. The minimum absolute atomic E-state index is 0.202. The zero-order valence-electron chi connectivity index (χ0n) is 16.7. The lowest BCUT2D eigenvalue weighted by Gasteiger charge is -2.11. The summed E-state index contributed by atoms with van der Waals surface area (Å²) in [6.45, 7) is 5.73. The number of aromatic nitrogens is 2. The molecule has 1 aromatic heterocycles. The molecule has 7 heteroatoms. The highest BCUT2D eigenvalue weighted by molar-refractivity contribution is 5.96. The summed E-state index contributed by atoms with van der Waals surface area (Å²) in [5, 5.41) is 4.32. The molecular formula is C22H24N4O3. The summed E-state index contributed by atoms with van der Waals surface area (Å²) in [5.74, 6) is -0.277. The normalized spacial score (nSPS) is 10.4. The monoisotopic (exact) mass is 392 g/mol. The number of amides is 2. The van der Waals surface area contributed by atoms with E-state index in [1.54, 1.807) is 10.7 Å². The van der Waals surface area contributed by atoms with Crippen molar-refractivity contribution in [1.29, 1.82) is 0 Å². The highest BCUT2D eigenvalue weighted by Crippen LogP contribution is 2.17. The van der Waals surface area contributed by atoms with Crippen LogP contribution in [0.3, 0.4) is 0 Å². The van der Waals surface area contributed by atoms with Gasteiger partial charge in [-0.25, -0.2) is 4.68 Å². The quantitative estimate of drug-likeness (QED) is 0.632. The van der Waals surface area contributed by atoms with Crippen LogP contribution in [-0.4, -0.2) is 28.2 Å². The standard InChI is InChI=1S/C22H24N4O3/c1-4-20-19(13-23-26(20)17-8-6-5-7-9-17)22(28)25-24-21(27)14-29-18-11-10-15(2)16(3)12-18/h5-13H,4,14H2,1-3H3,(H,24,27)(H,25,28). The van der Waals surface area contributed by atoms with E-state index in [4.69, 9.17) is 4.74 Å². The molecule has 0 bridgehead atoms. The van der Waals surface area contributed by atoms with Crippen LogP contribution in [-0.2, 0) is 11.2 Å². The van der Waals surface area contributed by atoms with Crippen molar-refractivity contribution in [2.75, 3.05) is 6.61 Å². The van der Waals surface area contributed by atoms with E-state index in [0.29, 0.717) is 17.7 Å². The second-order valence-electron chi connectivity index (χ2n) is 6.64. The summed E-state index contributed by atoms with van der Waals surface area (Å²) >= 11 is 0. The molecule has 0 spiro atoms. The Kier molecular flexibility index (Phi) is 6.29. The van der Waals surface area contributed by atoms with E-state index in [0.717, 1.165) is 22.5 Å². The van der Waals surface area contributed by atoms with Crippen LogP contribution in [0.15, 0.2) is 54.7 Å². The van der Waals surface area contributed by atoms with E-state index in [9.17, 15) is 9.59 Å². The fourth-order valence-corrected chi connectivity index (χ4v) is 2.88. The maximum Gasteiger partial charge on any atom is 0.276 e. The molecule has 0 fully saturated rings. The zero-order chi connectivity index (χ0) is 20.8.